The summed E-state index contributed by atoms with van der Waals surface area (Å²) in [5.74, 6) is 0.647. The minimum Gasteiger partial charge on any atom is -0.0999 e. The Labute approximate surface area is 130 Å². The minimum absolute atomic E-state index is 0.225. The van der Waals surface area contributed by atoms with Crippen molar-refractivity contribution in [1.82, 2.24) is 0 Å². The van der Waals surface area contributed by atoms with E-state index in [9.17, 15) is 0 Å². The van der Waals surface area contributed by atoms with Crippen LogP contribution in [0.2, 0.25) is 0 Å². The number of hydrogen-bond donors (Lipinski definition) is 0. The average Bonchev–Trinajstić information content (AvgIpc) is 2.99. The number of rotatable bonds is 3. The van der Waals surface area contributed by atoms with E-state index < -0.39 is 4.33 Å². The zero-order valence-electron chi connectivity index (χ0n) is 11.7. The van der Waals surface area contributed by atoms with Crippen molar-refractivity contribution in [2.75, 3.05) is 0 Å². The van der Waals surface area contributed by atoms with E-state index in [1.807, 2.05) is 12.1 Å². The fourth-order valence-electron chi connectivity index (χ4n) is 3.66. The zero-order valence-corrected chi connectivity index (χ0v) is 13.2. The zero-order chi connectivity index (χ0) is 14.4. The van der Waals surface area contributed by atoms with Crippen LogP contribution in [0.25, 0.3) is 0 Å². The number of halogens is 2. The van der Waals surface area contributed by atoms with Gasteiger partial charge in [-0.15, -0.1) is 0 Å². The first-order valence-corrected chi connectivity index (χ1v) is 7.77. The molecule has 0 N–H and O–H groups in total. The maximum absolute atomic E-state index is 6.76. The van der Waals surface area contributed by atoms with E-state index in [1.54, 1.807) is 0 Å². The first-order valence-electron chi connectivity index (χ1n) is 7.01. The summed E-state index contributed by atoms with van der Waals surface area (Å²) in [6.07, 6.45) is 0. The highest BCUT2D eigenvalue weighted by Gasteiger charge is 2.77. The molecule has 0 radical (unpaired) electrons. The third-order valence-corrected chi connectivity index (χ3v) is 5.49. The molecule has 1 saturated carbocycles. The van der Waals surface area contributed by atoms with Crippen LogP contribution in [0.3, 0.4) is 0 Å². The number of alkyl halides is 2. The maximum Gasteiger partial charge on any atom is 0.136 e. The molecule has 1 fully saturated rings. The predicted octanol–water partition coefficient (Wildman–Crippen LogP) is 5.43. The van der Waals surface area contributed by atoms with E-state index >= 15 is 0 Å². The molecule has 20 heavy (non-hydrogen) atoms. The van der Waals surface area contributed by atoms with E-state index in [2.05, 4.69) is 62.4 Å². The molecule has 0 saturated heterocycles. The molecule has 1 aliphatic carbocycles. The van der Waals surface area contributed by atoms with Gasteiger partial charge in [-0.1, -0.05) is 97.7 Å². The van der Waals surface area contributed by atoms with Crippen molar-refractivity contribution in [3.05, 3.63) is 71.8 Å². The molecule has 2 heteroatoms. The van der Waals surface area contributed by atoms with Crippen LogP contribution >= 0.6 is 23.2 Å². The number of hydrogen-bond acceptors (Lipinski definition) is 0. The molecular weight excluding hydrogens is 287 g/mol. The van der Waals surface area contributed by atoms with Crippen LogP contribution in [0.1, 0.15) is 25.0 Å². The Hall–Kier alpha value is -0.980. The predicted molar refractivity (Wildman–Crippen MR) is 86.4 cm³/mol. The second kappa shape index (κ2) is 4.79. The quantitative estimate of drug-likeness (QED) is 0.663. The van der Waals surface area contributed by atoms with Gasteiger partial charge in [0, 0.05) is 5.92 Å². The molecule has 0 heterocycles. The lowest BCUT2D eigenvalue weighted by Gasteiger charge is -2.21. The van der Waals surface area contributed by atoms with Gasteiger partial charge >= 0.3 is 0 Å². The highest BCUT2D eigenvalue weighted by atomic mass is 35.5. The molecule has 0 aliphatic heterocycles. The van der Waals surface area contributed by atoms with Crippen molar-refractivity contribution in [2.24, 2.45) is 11.8 Å². The van der Waals surface area contributed by atoms with Crippen LogP contribution < -0.4 is 0 Å². The molecule has 0 spiro atoms. The van der Waals surface area contributed by atoms with Crippen molar-refractivity contribution in [3.63, 3.8) is 0 Å². The molecular formula is C18H18Cl2. The van der Waals surface area contributed by atoms with E-state index in [4.69, 9.17) is 23.2 Å². The van der Waals surface area contributed by atoms with E-state index in [0.717, 1.165) is 0 Å². The van der Waals surface area contributed by atoms with Crippen LogP contribution in [-0.4, -0.2) is 4.33 Å². The van der Waals surface area contributed by atoms with Gasteiger partial charge in [-0.2, -0.15) is 0 Å². The highest BCUT2D eigenvalue weighted by Crippen LogP contribution is 2.74. The van der Waals surface area contributed by atoms with Crippen LogP contribution in [-0.2, 0) is 5.41 Å². The van der Waals surface area contributed by atoms with Gasteiger partial charge in [0.1, 0.15) is 4.33 Å². The minimum atomic E-state index is -0.746. The molecule has 0 amide bonds. The van der Waals surface area contributed by atoms with Gasteiger partial charge in [0.2, 0.25) is 0 Å². The fraction of sp³-hybridized carbons (Fsp3) is 0.333. The fourth-order valence-corrected chi connectivity index (χ4v) is 5.06. The molecule has 3 rings (SSSR count). The summed E-state index contributed by atoms with van der Waals surface area (Å²) in [5.41, 5.74) is 2.11. The first kappa shape index (κ1) is 14.0. The van der Waals surface area contributed by atoms with Gasteiger partial charge in [0.05, 0.1) is 5.41 Å². The molecule has 1 atom stereocenters. The summed E-state index contributed by atoms with van der Waals surface area (Å²) in [6, 6.07) is 20.8. The summed E-state index contributed by atoms with van der Waals surface area (Å²) in [5, 5.41) is 0. The largest absolute Gasteiger partial charge is 0.136 e. The van der Waals surface area contributed by atoms with E-state index in [-0.39, 0.29) is 11.3 Å². The Bertz CT molecular complexity index is 548. The second-order valence-corrected chi connectivity index (χ2v) is 7.27. The topological polar surface area (TPSA) is 0 Å². The van der Waals surface area contributed by atoms with Gasteiger partial charge in [-0.25, -0.2) is 0 Å². The van der Waals surface area contributed by atoms with E-state index in [0.29, 0.717) is 5.92 Å². The monoisotopic (exact) mass is 304 g/mol. The molecule has 1 unspecified atom stereocenters. The molecule has 0 aromatic heterocycles. The van der Waals surface area contributed by atoms with Crippen LogP contribution in [0.15, 0.2) is 60.7 Å². The SMILES string of the molecule is CC(C)C1C(Cl)(Cl)C1(c1ccccc1)c1ccccc1. The summed E-state index contributed by atoms with van der Waals surface area (Å²) in [7, 11) is 0. The van der Waals surface area contributed by atoms with Crippen LogP contribution in [0.4, 0.5) is 0 Å². The van der Waals surface area contributed by atoms with Crippen molar-refractivity contribution in [3.8, 4) is 0 Å². The van der Waals surface area contributed by atoms with Crippen LogP contribution in [0.5, 0.6) is 0 Å². The molecule has 0 bridgehead atoms. The summed E-state index contributed by atoms with van der Waals surface area (Å²) < 4.78 is -0.746. The summed E-state index contributed by atoms with van der Waals surface area (Å²) >= 11 is 13.5. The summed E-state index contributed by atoms with van der Waals surface area (Å²) in [6.45, 7) is 4.38. The van der Waals surface area contributed by atoms with Crippen molar-refractivity contribution >= 4 is 23.2 Å². The Morgan fingerprint density at radius 1 is 0.800 bits per heavy atom. The Kier molecular flexibility index (Phi) is 3.35. The Balaban J connectivity index is 2.22. The second-order valence-electron chi connectivity index (χ2n) is 5.88. The van der Waals surface area contributed by atoms with Gasteiger partial charge in [0.25, 0.3) is 0 Å². The van der Waals surface area contributed by atoms with Crippen LogP contribution in [0, 0.1) is 11.8 Å². The van der Waals surface area contributed by atoms with Crippen molar-refractivity contribution in [1.29, 1.82) is 0 Å². The molecule has 104 valence electrons. The van der Waals surface area contributed by atoms with Gasteiger partial charge in [-0.3, -0.25) is 0 Å². The lowest BCUT2D eigenvalue weighted by Crippen LogP contribution is -2.18. The summed E-state index contributed by atoms with van der Waals surface area (Å²) in [4.78, 5) is 0. The average molecular weight is 305 g/mol. The van der Waals surface area contributed by atoms with Gasteiger partial charge in [-0.05, 0) is 17.0 Å². The normalized spacial score (nSPS) is 22.8. The standard InChI is InChI=1S/C18H18Cl2/c1-13(2)16-17(18(16,19)20,14-9-5-3-6-10-14)15-11-7-4-8-12-15/h3-13,16H,1-2H3. The van der Waals surface area contributed by atoms with Crippen molar-refractivity contribution < 1.29 is 0 Å². The molecule has 2 aromatic rings. The van der Waals surface area contributed by atoms with Gasteiger partial charge < -0.3 is 0 Å². The van der Waals surface area contributed by atoms with E-state index in [1.165, 1.54) is 11.1 Å². The third kappa shape index (κ3) is 1.75. The number of benzene rings is 2. The Morgan fingerprint density at radius 2 is 1.20 bits per heavy atom. The van der Waals surface area contributed by atoms with Crippen molar-refractivity contribution in [2.45, 2.75) is 23.6 Å². The molecule has 1 aliphatic rings. The molecule has 2 aromatic carbocycles. The lowest BCUT2D eigenvalue weighted by molar-refractivity contribution is 0.511. The highest BCUT2D eigenvalue weighted by molar-refractivity contribution is 6.53. The lowest BCUT2D eigenvalue weighted by atomic mass is 9.83. The Morgan fingerprint density at radius 3 is 1.50 bits per heavy atom. The smallest absolute Gasteiger partial charge is 0.0999 e. The molecule has 0 nitrogen and oxygen atoms in total. The van der Waals surface area contributed by atoms with Gasteiger partial charge in [0.15, 0.2) is 0 Å². The first-order chi connectivity index (χ1) is 9.53. The maximum atomic E-state index is 6.76. The third-order valence-electron chi connectivity index (χ3n) is 4.42.